The average Bonchev–Trinajstić information content (AvgIpc) is 2.59. The van der Waals surface area contributed by atoms with E-state index in [1.54, 1.807) is 4.90 Å². The summed E-state index contributed by atoms with van der Waals surface area (Å²) in [6.45, 7) is 11.1. The summed E-state index contributed by atoms with van der Waals surface area (Å²) in [5, 5.41) is 12.8. The summed E-state index contributed by atoms with van der Waals surface area (Å²) in [6.07, 6.45) is 1.77. The molecule has 0 bridgehead atoms. The van der Waals surface area contributed by atoms with Crippen LogP contribution in [0.25, 0.3) is 0 Å². The van der Waals surface area contributed by atoms with Crippen LogP contribution in [0.1, 0.15) is 51.3 Å². The lowest BCUT2D eigenvalue weighted by Crippen LogP contribution is -2.47. The molecule has 5 heteroatoms. The number of hydrogen-bond donors (Lipinski definition) is 2. The normalized spacial score (nSPS) is 17.3. The van der Waals surface area contributed by atoms with Crippen molar-refractivity contribution in [3.05, 3.63) is 35.4 Å². The lowest BCUT2D eigenvalue weighted by atomic mass is 9.93. The molecular formula is C20H33N3O2. The molecule has 1 aromatic rings. The lowest BCUT2D eigenvalue weighted by Gasteiger charge is -2.36. The molecule has 2 amide bonds. The summed E-state index contributed by atoms with van der Waals surface area (Å²) in [7, 11) is 0. The number of carbonyl (C=O) groups is 1. The minimum Gasteiger partial charge on any atom is -0.394 e. The Morgan fingerprint density at radius 1 is 1.28 bits per heavy atom. The second-order valence-corrected chi connectivity index (χ2v) is 7.35. The molecule has 1 unspecified atom stereocenters. The van der Waals surface area contributed by atoms with E-state index in [0.717, 1.165) is 24.9 Å². The molecule has 1 aliphatic rings. The van der Waals surface area contributed by atoms with Crippen LogP contribution in [-0.2, 0) is 6.42 Å². The fourth-order valence-electron chi connectivity index (χ4n) is 3.76. The van der Waals surface area contributed by atoms with Crippen LogP contribution < -0.4 is 5.32 Å². The molecule has 1 aliphatic heterocycles. The smallest absolute Gasteiger partial charge is 0.318 e. The molecule has 0 saturated heterocycles. The molecule has 140 valence electrons. The topological polar surface area (TPSA) is 55.8 Å². The zero-order valence-corrected chi connectivity index (χ0v) is 16.0. The first-order valence-electron chi connectivity index (χ1n) is 9.44. The van der Waals surface area contributed by atoms with Crippen molar-refractivity contribution in [2.45, 2.75) is 58.7 Å². The van der Waals surface area contributed by atoms with Gasteiger partial charge in [-0.1, -0.05) is 24.3 Å². The number of nitrogens with one attached hydrogen (secondary N) is 1. The maximum atomic E-state index is 12.6. The molecule has 0 fully saturated rings. The lowest BCUT2D eigenvalue weighted by molar-refractivity contribution is 0.126. The Morgan fingerprint density at radius 2 is 1.96 bits per heavy atom. The second kappa shape index (κ2) is 9.20. The minimum absolute atomic E-state index is 0.0427. The van der Waals surface area contributed by atoms with Crippen LogP contribution in [0, 0.1) is 0 Å². The Kier molecular flexibility index (Phi) is 7.26. The van der Waals surface area contributed by atoms with Crippen LogP contribution in [0.5, 0.6) is 0 Å². The molecule has 0 aliphatic carbocycles. The van der Waals surface area contributed by atoms with E-state index in [0.29, 0.717) is 25.2 Å². The van der Waals surface area contributed by atoms with Crippen LogP contribution in [0.15, 0.2) is 24.3 Å². The van der Waals surface area contributed by atoms with Crippen LogP contribution in [0.4, 0.5) is 4.79 Å². The number of nitrogens with zero attached hydrogens (tertiary/aromatic N) is 2. The van der Waals surface area contributed by atoms with E-state index in [-0.39, 0.29) is 18.7 Å². The highest BCUT2D eigenvalue weighted by molar-refractivity contribution is 5.75. The highest BCUT2D eigenvalue weighted by Crippen LogP contribution is 2.29. The van der Waals surface area contributed by atoms with Gasteiger partial charge in [0.25, 0.3) is 0 Å². The fraction of sp³-hybridized carbons (Fsp3) is 0.650. The van der Waals surface area contributed by atoms with Gasteiger partial charge in [0.05, 0.1) is 12.6 Å². The van der Waals surface area contributed by atoms with Gasteiger partial charge in [-0.3, -0.25) is 4.90 Å². The Hall–Kier alpha value is -1.59. The minimum atomic E-state index is -0.243. The van der Waals surface area contributed by atoms with Gasteiger partial charge in [-0.2, -0.15) is 0 Å². The van der Waals surface area contributed by atoms with E-state index in [1.807, 2.05) is 18.2 Å². The van der Waals surface area contributed by atoms with Crippen LogP contribution in [0.2, 0.25) is 0 Å². The molecule has 1 heterocycles. The SMILES string of the molecule is CC(C)N(CCCNC(=O)N1CCc2ccccc2C1CO)C(C)C. The number of carbonyl (C=O) groups excluding carboxylic acids is 1. The van der Waals surface area contributed by atoms with Gasteiger partial charge in [-0.15, -0.1) is 0 Å². The first-order chi connectivity index (χ1) is 12.0. The summed E-state index contributed by atoms with van der Waals surface area (Å²) in [5.74, 6) is 0. The predicted molar refractivity (Wildman–Crippen MR) is 102 cm³/mol. The van der Waals surface area contributed by atoms with Crippen molar-refractivity contribution >= 4 is 6.03 Å². The van der Waals surface area contributed by atoms with Gasteiger partial charge >= 0.3 is 6.03 Å². The maximum Gasteiger partial charge on any atom is 0.318 e. The van der Waals surface area contributed by atoms with Crippen molar-refractivity contribution < 1.29 is 9.90 Å². The largest absolute Gasteiger partial charge is 0.394 e. The highest BCUT2D eigenvalue weighted by Gasteiger charge is 2.29. The van der Waals surface area contributed by atoms with Gasteiger partial charge in [0.2, 0.25) is 0 Å². The number of benzene rings is 1. The van der Waals surface area contributed by atoms with E-state index >= 15 is 0 Å². The zero-order valence-electron chi connectivity index (χ0n) is 16.0. The Bertz CT molecular complexity index is 552. The molecule has 0 saturated carbocycles. The van der Waals surface area contributed by atoms with Gasteiger partial charge in [0.15, 0.2) is 0 Å². The third-order valence-electron chi connectivity index (χ3n) is 5.04. The summed E-state index contributed by atoms with van der Waals surface area (Å²) >= 11 is 0. The van der Waals surface area contributed by atoms with E-state index in [1.165, 1.54) is 5.56 Å². The standard InChI is InChI=1S/C20H33N3O2/c1-15(2)22(16(3)4)12-7-11-21-20(25)23-13-10-17-8-5-6-9-18(17)19(23)14-24/h5-6,8-9,15-16,19,24H,7,10-14H2,1-4H3,(H,21,25). The van der Waals surface area contributed by atoms with Crippen molar-refractivity contribution in [2.75, 3.05) is 26.2 Å². The quantitative estimate of drug-likeness (QED) is 0.746. The molecule has 1 aromatic carbocycles. The van der Waals surface area contributed by atoms with Crippen molar-refractivity contribution in [1.82, 2.24) is 15.1 Å². The van der Waals surface area contributed by atoms with E-state index in [4.69, 9.17) is 0 Å². The van der Waals surface area contributed by atoms with Gasteiger partial charge in [-0.05, 0) is 51.7 Å². The van der Waals surface area contributed by atoms with Crippen molar-refractivity contribution in [3.8, 4) is 0 Å². The fourth-order valence-corrected chi connectivity index (χ4v) is 3.76. The maximum absolute atomic E-state index is 12.6. The number of rotatable bonds is 7. The molecular weight excluding hydrogens is 314 g/mol. The molecule has 1 atom stereocenters. The Labute approximate surface area is 152 Å². The van der Waals surface area contributed by atoms with Gasteiger partial charge in [0.1, 0.15) is 0 Å². The molecule has 2 N–H and O–H groups in total. The number of aliphatic hydroxyl groups is 1. The Morgan fingerprint density at radius 3 is 2.60 bits per heavy atom. The van der Waals surface area contributed by atoms with Gasteiger partial charge < -0.3 is 15.3 Å². The van der Waals surface area contributed by atoms with Gasteiger partial charge in [0, 0.05) is 31.7 Å². The van der Waals surface area contributed by atoms with Crippen molar-refractivity contribution in [3.63, 3.8) is 0 Å². The Balaban J connectivity index is 1.87. The van der Waals surface area contributed by atoms with Crippen LogP contribution in [0.3, 0.4) is 0 Å². The van der Waals surface area contributed by atoms with Crippen molar-refractivity contribution in [2.24, 2.45) is 0 Å². The second-order valence-electron chi connectivity index (χ2n) is 7.35. The highest BCUT2D eigenvalue weighted by atomic mass is 16.3. The molecule has 0 aromatic heterocycles. The third kappa shape index (κ3) is 4.95. The predicted octanol–water partition coefficient (Wildman–Crippen LogP) is 2.80. The number of amides is 2. The summed E-state index contributed by atoms with van der Waals surface area (Å²) in [5.41, 5.74) is 2.30. The van der Waals surface area contributed by atoms with Crippen LogP contribution in [-0.4, -0.2) is 59.3 Å². The third-order valence-corrected chi connectivity index (χ3v) is 5.04. The molecule has 5 nitrogen and oxygen atoms in total. The summed E-state index contributed by atoms with van der Waals surface area (Å²) in [4.78, 5) is 16.8. The monoisotopic (exact) mass is 347 g/mol. The summed E-state index contributed by atoms with van der Waals surface area (Å²) in [6, 6.07) is 8.77. The van der Waals surface area contributed by atoms with Crippen LogP contribution >= 0.6 is 0 Å². The average molecular weight is 348 g/mol. The number of aliphatic hydroxyl groups excluding tert-OH is 1. The molecule has 0 radical (unpaired) electrons. The molecule has 2 rings (SSSR count). The number of urea groups is 1. The molecule has 25 heavy (non-hydrogen) atoms. The number of fused-ring (bicyclic) bond motifs is 1. The van der Waals surface area contributed by atoms with E-state index in [2.05, 4.69) is 44.0 Å². The van der Waals surface area contributed by atoms with E-state index in [9.17, 15) is 9.90 Å². The molecule has 0 spiro atoms. The van der Waals surface area contributed by atoms with Crippen molar-refractivity contribution in [1.29, 1.82) is 0 Å². The first-order valence-corrected chi connectivity index (χ1v) is 9.44. The van der Waals surface area contributed by atoms with Gasteiger partial charge in [-0.25, -0.2) is 4.79 Å². The number of hydrogen-bond acceptors (Lipinski definition) is 3. The summed E-state index contributed by atoms with van der Waals surface area (Å²) < 4.78 is 0. The van der Waals surface area contributed by atoms with E-state index < -0.39 is 0 Å². The first kappa shape index (κ1) is 19.7. The zero-order chi connectivity index (χ0) is 18.4.